The molecule has 1 aromatic carbocycles. The highest BCUT2D eigenvalue weighted by molar-refractivity contribution is 5.72. The molecule has 3 heteroatoms. The normalized spacial score (nSPS) is 10.5. The number of rotatable bonds is 2. The van der Waals surface area contributed by atoms with Crippen LogP contribution < -0.4 is 0 Å². The topological polar surface area (TPSA) is 46.5 Å². The number of hydrogen-bond acceptors (Lipinski definition) is 3. The van der Waals surface area contributed by atoms with Crippen LogP contribution in [0.3, 0.4) is 0 Å². The van der Waals surface area contributed by atoms with Crippen LogP contribution >= 0.6 is 0 Å². The molecule has 0 saturated heterocycles. The number of phenols is 1. The lowest BCUT2D eigenvalue weighted by Crippen LogP contribution is -2.10. The van der Waals surface area contributed by atoms with Crippen LogP contribution in [-0.4, -0.2) is 17.7 Å². The maximum atomic E-state index is 11.2. The third-order valence-corrected chi connectivity index (χ3v) is 2.62. The van der Waals surface area contributed by atoms with Gasteiger partial charge in [-0.3, -0.25) is 4.79 Å². The van der Waals surface area contributed by atoms with Gasteiger partial charge in [-0.1, -0.05) is 38.7 Å². The summed E-state index contributed by atoms with van der Waals surface area (Å²) in [5, 5.41) is 9.75. The molecule has 0 atom stereocenters. The maximum Gasteiger partial charge on any atom is 0.317 e. The molecule has 1 rings (SSSR count). The van der Waals surface area contributed by atoms with Gasteiger partial charge in [-0.2, -0.15) is 0 Å². The summed E-state index contributed by atoms with van der Waals surface area (Å²) in [7, 11) is 0. The largest absolute Gasteiger partial charge is 0.507 e. The van der Waals surface area contributed by atoms with Crippen molar-refractivity contribution < 1.29 is 14.6 Å². The average molecular weight is 260 g/mol. The molecular formula is C16H20O3. The van der Waals surface area contributed by atoms with Crippen LogP contribution in [0.5, 0.6) is 5.75 Å². The fraction of sp³-hybridized carbons (Fsp3) is 0.438. The molecule has 0 bridgehead atoms. The van der Waals surface area contributed by atoms with Crippen LogP contribution in [0.2, 0.25) is 0 Å². The van der Waals surface area contributed by atoms with Gasteiger partial charge < -0.3 is 9.84 Å². The standard InChI is InChI=1S/C16H20O3/c1-5-19-15(18)8-6-7-12-11-13(16(2,3)4)9-10-14(12)17/h9-11,17H,5,8H2,1-4H3. The van der Waals surface area contributed by atoms with Crippen molar-refractivity contribution in [1.29, 1.82) is 0 Å². The van der Waals surface area contributed by atoms with Crippen LogP contribution in [0, 0.1) is 11.8 Å². The quantitative estimate of drug-likeness (QED) is 0.657. The molecule has 0 radical (unpaired) electrons. The number of ether oxygens (including phenoxy) is 1. The van der Waals surface area contributed by atoms with Crippen molar-refractivity contribution >= 4 is 5.97 Å². The van der Waals surface area contributed by atoms with E-state index in [1.54, 1.807) is 13.0 Å². The summed E-state index contributed by atoms with van der Waals surface area (Å²) < 4.78 is 4.78. The molecule has 0 aliphatic carbocycles. The van der Waals surface area contributed by atoms with Gasteiger partial charge in [-0.05, 0) is 30.0 Å². The second-order valence-electron chi connectivity index (χ2n) is 5.27. The minimum atomic E-state index is -0.346. The number of phenolic OH excluding ortho intramolecular Hbond substituents is 1. The van der Waals surface area contributed by atoms with E-state index in [4.69, 9.17) is 4.74 Å². The van der Waals surface area contributed by atoms with E-state index in [1.165, 1.54) is 0 Å². The minimum Gasteiger partial charge on any atom is -0.507 e. The van der Waals surface area contributed by atoms with E-state index in [0.29, 0.717) is 12.2 Å². The van der Waals surface area contributed by atoms with Gasteiger partial charge in [-0.15, -0.1) is 0 Å². The Morgan fingerprint density at radius 3 is 2.63 bits per heavy atom. The molecule has 3 nitrogen and oxygen atoms in total. The Morgan fingerprint density at radius 1 is 1.37 bits per heavy atom. The Balaban J connectivity index is 2.89. The van der Waals surface area contributed by atoms with Gasteiger partial charge in [0.15, 0.2) is 0 Å². The van der Waals surface area contributed by atoms with Gasteiger partial charge >= 0.3 is 5.97 Å². The number of carbonyl (C=O) groups excluding carboxylic acids is 1. The SMILES string of the molecule is CCOC(=O)CC#Cc1cc(C(C)(C)C)ccc1O. The van der Waals surface area contributed by atoms with Crippen LogP contribution in [0.1, 0.15) is 45.2 Å². The Hall–Kier alpha value is -1.95. The highest BCUT2D eigenvalue weighted by Crippen LogP contribution is 2.26. The molecule has 0 fully saturated rings. The van der Waals surface area contributed by atoms with Crippen molar-refractivity contribution in [3.05, 3.63) is 29.3 Å². The van der Waals surface area contributed by atoms with Gasteiger partial charge in [0, 0.05) is 0 Å². The Morgan fingerprint density at radius 2 is 2.05 bits per heavy atom. The summed E-state index contributed by atoms with van der Waals surface area (Å²) in [6, 6.07) is 5.37. The zero-order chi connectivity index (χ0) is 14.5. The smallest absolute Gasteiger partial charge is 0.317 e. The number of esters is 1. The second-order valence-corrected chi connectivity index (χ2v) is 5.27. The first-order valence-electron chi connectivity index (χ1n) is 6.32. The maximum absolute atomic E-state index is 11.2. The Bertz CT molecular complexity index is 513. The monoisotopic (exact) mass is 260 g/mol. The molecule has 1 aromatic rings. The van der Waals surface area contributed by atoms with Gasteiger partial charge in [0.2, 0.25) is 0 Å². The molecule has 19 heavy (non-hydrogen) atoms. The molecule has 0 aliphatic rings. The van der Waals surface area contributed by atoms with Crippen LogP contribution in [0.15, 0.2) is 18.2 Å². The lowest BCUT2D eigenvalue weighted by Gasteiger charge is -2.19. The first kappa shape index (κ1) is 15.1. The summed E-state index contributed by atoms with van der Waals surface area (Å²) in [4.78, 5) is 11.2. The van der Waals surface area contributed by atoms with E-state index in [0.717, 1.165) is 5.56 Å². The molecule has 0 spiro atoms. The van der Waals surface area contributed by atoms with E-state index >= 15 is 0 Å². The Kier molecular flexibility index (Phi) is 5.00. The van der Waals surface area contributed by atoms with Crippen molar-refractivity contribution in [2.45, 2.75) is 39.5 Å². The molecule has 0 aromatic heterocycles. The van der Waals surface area contributed by atoms with Crippen LogP contribution in [-0.2, 0) is 14.9 Å². The zero-order valence-corrected chi connectivity index (χ0v) is 11.9. The Labute approximate surface area is 114 Å². The number of carbonyl (C=O) groups is 1. The first-order valence-corrected chi connectivity index (χ1v) is 6.32. The summed E-state index contributed by atoms with van der Waals surface area (Å²) in [6.45, 7) is 8.38. The van der Waals surface area contributed by atoms with E-state index in [1.807, 2.05) is 12.1 Å². The lowest BCUT2D eigenvalue weighted by molar-refractivity contribution is -0.141. The van der Waals surface area contributed by atoms with Gasteiger partial charge in [-0.25, -0.2) is 0 Å². The van der Waals surface area contributed by atoms with Gasteiger partial charge in [0.05, 0.1) is 12.2 Å². The summed E-state index contributed by atoms with van der Waals surface area (Å²) in [5.74, 6) is 5.32. The number of aromatic hydroxyl groups is 1. The third kappa shape index (κ3) is 4.67. The predicted molar refractivity (Wildman–Crippen MR) is 74.9 cm³/mol. The van der Waals surface area contributed by atoms with Crippen molar-refractivity contribution in [2.75, 3.05) is 6.61 Å². The van der Waals surface area contributed by atoms with Crippen LogP contribution in [0.4, 0.5) is 0 Å². The molecule has 1 N–H and O–H groups in total. The molecule has 0 saturated carbocycles. The fourth-order valence-electron chi connectivity index (χ4n) is 1.53. The van der Waals surface area contributed by atoms with E-state index < -0.39 is 0 Å². The number of benzene rings is 1. The van der Waals surface area contributed by atoms with Gasteiger partial charge in [0.25, 0.3) is 0 Å². The van der Waals surface area contributed by atoms with Crippen molar-refractivity contribution in [3.8, 4) is 17.6 Å². The van der Waals surface area contributed by atoms with Gasteiger partial charge in [0.1, 0.15) is 12.2 Å². The van der Waals surface area contributed by atoms with E-state index in [-0.39, 0.29) is 23.6 Å². The molecule has 0 heterocycles. The lowest BCUT2D eigenvalue weighted by atomic mass is 9.86. The summed E-state index contributed by atoms with van der Waals surface area (Å²) in [6.07, 6.45) is 0.0347. The highest BCUT2D eigenvalue weighted by Gasteiger charge is 2.14. The molecule has 102 valence electrons. The van der Waals surface area contributed by atoms with E-state index in [2.05, 4.69) is 32.6 Å². The predicted octanol–water partition coefficient (Wildman–Crippen LogP) is 2.99. The number of hydrogen-bond donors (Lipinski definition) is 1. The first-order chi connectivity index (χ1) is 8.84. The fourth-order valence-corrected chi connectivity index (χ4v) is 1.53. The van der Waals surface area contributed by atoms with E-state index in [9.17, 15) is 9.90 Å². The van der Waals surface area contributed by atoms with Crippen LogP contribution in [0.25, 0.3) is 0 Å². The average Bonchev–Trinajstić information content (AvgIpc) is 2.30. The minimum absolute atomic E-state index is 0.00866. The molecule has 0 unspecified atom stereocenters. The molecular weight excluding hydrogens is 240 g/mol. The van der Waals surface area contributed by atoms with Crippen molar-refractivity contribution in [3.63, 3.8) is 0 Å². The zero-order valence-electron chi connectivity index (χ0n) is 11.9. The molecule has 0 amide bonds. The summed E-state index contributed by atoms with van der Waals surface area (Å²) >= 11 is 0. The highest BCUT2D eigenvalue weighted by atomic mass is 16.5. The second kappa shape index (κ2) is 6.29. The van der Waals surface area contributed by atoms with Crippen molar-refractivity contribution in [2.24, 2.45) is 0 Å². The summed E-state index contributed by atoms with van der Waals surface area (Å²) in [5.41, 5.74) is 1.62. The third-order valence-electron chi connectivity index (χ3n) is 2.62. The van der Waals surface area contributed by atoms with Crippen molar-refractivity contribution in [1.82, 2.24) is 0 Å². The molecule has 0 aliphatic heterocycles.